The van der Waals surface area contributed by atoms with E-state index in [0.29, 0.717) is 23.7 Å². The van der Waals surface area contributed by atoms with E-state index in [2.05, 4.69) is 10.6 Å². The summed E-state index contributed by atoms with van der Waals surface area (Å²) >= 11 is 1.31. The second-order valence-corrected chi connectivity index (χ2v) is 5.36. The Morgan fingerprint density at radius 2 is 2.21 bits per heavy atom. The number of nitrogens with two attached hydrogens (primary N) is 1. The van der Waals surface area contributed by atoms with E-state index in [4.69, 9.17) is 10.5 Å². The molecule has 1 unspecified atom stereocenters. The molecule has 0 aliphatic rings. The van der Waals surface area contributed by atoms with Crippen molar-refractivity contribution in [3.63, 3.8) is 0 Å². The molecule has 106 valence electrons. The lowest BCUT2D eigenvalue weighted by atomic mass is 10.3. The standard InChI is InChI=1S/C12H19N3O3S/c1-7(11(16)14-4-5-18-3)15-12(17)10-6-9(13)8(2)19-10/h6-7H,4-5,13H2,1-3H3,(H,14,16)(H,15,17). The summed E-state index contributed by atoms with van der Waals surface area (Å²) in [5.41, 5.74) is 6.28. The number of amides is 2. The van der Waals surface area contributed by atoms with Crippen LogP contribution in [0, 0.1) is 6.92 Å². The highest BCUT2D eigenvalue weighted by Crippen LogP contribution is 2.23. The number of carbonyl (C=O) groups is 2. The van der Waals surface area contributed by atoms with Gasteiger partial charge in [0.25, 0.3) is 5.91 Å². The van der Waals surface area contributed by atoms with Crippen molar-refractivity contribution in [2.75, 3.05) is 26.0 Å². The van der Waals surface area contributed by atoms with Gasteiger partial charge in [-0.2, -0.15) is 0 Å². The third-order valence-electron chi connectivity index (χ3n) is 2.53. The smallest absolute Gasteiger partial charge is 0.262 e. The summed E-state index contributed by atoms with van der Waals surface area (Å²) in [6.45, 7) is 4.33. The molecular weight excluding hydrogens is 266 g/mol. The predicted octanol–water partition coefficient (Wildman–Crippen LogP) is 0.520. The van der Waals surface area contributed by atoms with Gasteiger partial charge in [-0.25, -0.2) is 0 Å². The molecule has 19 heavy (non-hydrogen) atoms. The Hall–Kier alpha value is -1.60. The monoisotopic (exact) mass is 285 g/mol. The van der Waals surface area contributed by atoms with Crippen LogP contribution in [0.15, 0.2) is 6.07 Å². The number of thiophene rings is 1. The molecule has 7 heteroatoms. The van der Waals surface area contributed by atoms with Crippen LogP contribution in [0.25, 0.3) is 0 Å². The number of methoxy groups -OCH3 is 1. The molecule has 0 saturated carbocycles. The quantitative estimate of drug-likeness (QED) is 0.664. The molecule has 4 N–H and O–H groups in total. The number of nitrogen functional groups attached to an aromatic ring is 1. The molecule has 2 amide bonds. The van der Waals surface area contributed by atoms with E-state index in [1.807, 2.05) is 6.92 Å². The van der Waals surface area contributed by atoms with Crippen molar-refractivity contribution in [3.05, 3.63) is 15.8 Å². The minimum Gasteiger partial charge on any atom is -0.398 e. The highest BCUT2D eigenvalue weighted by molar-refractivity contribution is 7.14. The van der Waals surface area contributed by atoms with Crippen molar-refractivity contribution >= 4 is 28.8 Å². The molecule has 0 spiro atoms. The van der Waals surface area contributed by atoms with Crippen LogP contribution in [0.3, 0.4) is 0 Å². The minimum atomic E-state index is -0.604. The number of nitrogens with one attached hydrogen (secondary N) is 2. The van der Waals surface area contributed by atoms with E-state index in [1.165, 1.54) is 11.3 Å². The topological polar surface area (TPSA) is 93.5 Å². The molecule has 6 nitrogen and oxygen atoms in total. The maximum Gasteiger partial charge on any atom is 0.262 e. The first-order valence-corrected chi connectivity index (χ1v) is 6.70. The van der Waals surface area contributed by atoms with Gasteiger partial charge in [0.1, 0.15) is 6.04 Å². The molecule has 0 aromatic carbocycles. The third kappa shape index (κ3) is 4.53. The Labute approximate surface area is 116 Å². The van der Waals surface area contributed by atoms with Crippen LogP contribution in [0.1, 0.15) is 21.5 Å². The highest BCUT2D eigenvalue weighted by Gasteiger charge is 2.17. The summed E-state index contributed by atoms with van der Waals surface area (Å²) in [4.78, 5) is 24.9. The predicted molar refractivity (Wildman–Crippen MR) is 75.3 cm³/mol. The number of anilines is 1. The molecule has 1 aromatic rings. The molecule has 1 heterocycles. The summed E-state index contributed by atoms with van der Waals surface area (Å²) in [5.74, 6) is -0.536. The first-order valence-electron chi connectivity index (χ1n) is 5.89. The van der Waals surface area contributed by atoms with Crippen LogP contribution in [0.2, 0.25) is 0 Å². The van der Waals surface area contributed by atoms with Crippen LogP contribution < -0.4 is 16.4 Å². The number of hydrogen-bond donors (Lipinski definition) is 3. The van der Waals surface area contributed by atoms with E-state index in [0.717, 1.165) is 4.88 Å². The first-order chi connectivity index (χ1) is 8.95. The Morgan fingerprint density at radius 3 is 2.74 bits per heavy atom. The third-order valence-corrected chi connectivity index (χ3v) is 3.59. The van der Waals surface area contributed by atoms with Gasteiger partial charge in [-0.3, -0.25) is 9.59 Å². The van der Waals surface area contributed by atoms with Gasteiger partial charge in [-0.15, -0.1) is 11.3 Å². The second-order valence-electron chi connectivity index (χ2n) is 4.10. The molecule has 0 aliphatic carbocycles. The van der Waals surface area contributed by atoms with Crippen molar-refractivity contribution in [1.82, 2.24) is 10.6 Å². The average molecular weight is 285 g/mol. The van der Waals surface area contributed by atoms with Crippen LogP contribution in [-0.2, 0) is 9.53 Å². The van der Waals surface area contributed by atoms with Crippen LogP contribution >= 0.6 is 11.3 Å². The Morgan fingerprint density at radius 1 is 1.53 bits per heavy atom. The lowest BCUT2D eigenvalue weighted by Gasteiger charge is -2.13. The summed E-state index contributed by atoms with van der Waals surface area (Å²) in [6, 6.07) is 1.01. The van der Waals surface area contributed by atoms with E-state index in [9.17, 15) is 9.59 Å². The summed E-state index contributed by atoms with van der Waals surface area (Å²) in [5, 5.41) is 5.28. The van der Waals surface area contributed by atoms with Gasteiger partial charge in [0, 0.05) is 24.2 Å². The maximum atomic E-state index is 11.9. The SMILES string of the molecule is COCCNC(=O)C(C)NC(=O)c1cc(N)c(C)s1. The zero-order valence-corrected chi connectivity index (χ0v) is 12.1. The zero-order valence-electron chi connectivity index (χ0n) is 11.3. The van der Waals surface area contributed by atoms with Gasteiger partial charge in [-0.1, -0.05) is 0 Å². The molecule has 1 aromatic heterocycles. The molecular formula is C12H19N3O3S. The average Bonchev–Trinajstić information content (AvgIpc) is 2.70. The molecule has 1 atom stereocenters. The Bertz CT molecular complexity index is 440. The van der Waals surface area contributed by atoms with Gasteiger partial charge in [-0.05, 0) is 19.9 Å². The van der Waals surface area contributed by atoms with Gasteiger partial charge in [0.05, 0.1) is 11.5 Å². The van der Waals surface area contributed by atoms with Crippen LogP contribution in [-0.4, -0.2) is 38.1 Å². The number of aryl methyl sites for hydroxylation is 1. The fourth-order valence-corrected chi connectivity index (χ4v) is 2.21. The minimum absolute atomic E-state index is 0.244. The van der Waals surface area contributed by atoms with E-state index < -0.39 is 6.04 Å². The summed E-state index contributed by atoms with van der Waals surface area (Å²) in [7, 11) is 1.56. The molecule has 0 radical (unpaired) electrons. The van der Waals surface area contributed by atoms with Crippen molar-refractivity contribution in [3.8, 4) is 0 Å². The fourth-order valence-electron chi connectivity index (χ4n) is 1.37. The van der Waals surface area contributed by atoms with E-state index in [-0.39, 0.29) is 11.8 Å². The first kappa shape index (κ1) is 15.5. The molecule has 1 rings (SSSR count). The van der Waals surface area contributed by atoms with Gasteiger partial charge in [0.2, 0.25) is 5.91 Å². The molecule has 0 saturated heterocycles. The number of rotatable bonds is 6. The number of hydrogen-bond acceptors (Lipinski definition) is 5. The summed E-state index contributed by atoms with van der Waals surface area (Å²) in [6.07, 6.45) is 0. The Kier molecular flexibility index (Phi) is 5.78. The van der Waals surface area contributed by atoms with Crippen LogP contribution in [0.4, 0.5) is 5.69 Å². The largest absolute Gasteiger partial charge is 0.398 e. The van der Waals surface area contributed by atoms with Gasteiger partial charge in [0.15, 0.2) is 0 Å². The molecule has 0 aliphatic heterocycles. The van der Waals surface area contributed by atoms with Gasteiger partial charge < -0.3 is 21.1 Å². The van der Waals surface area contributed by atoms with E-state index >= 15 is 0 Å². The number of ether oxygens (including phenoxy) is 1. The second kappa shape index (κ2) is 7.10. The van der Waals surface area contributed by atoms with Crippen molar-refractivity contribution < 1.29 is 14.3 Å². The fraction of sp³-hybridized carbons (Fsp3) is 0.500. The van der Waals surface area contributed by atoms with Crippen molar-refractivity contribution in [1.29, 1.82) is 0 Å². The highest BCUT2D eigenvalue weighted by atomic mass is 32.1. The lowest BCUT2D eigenvalue weighted by Crippen LogP contribution is -2.45. The summed E-state index contributed by atoms with van der Waals surface area (Å²) < 4.78 is 4.82. The molecule has 0 bridgehead atoms. The van der Waals surface area contributed by atoms with Crippen LogP contribution in [0.5, 0.6) is 0 Å². The molecule has 0 fully saturated rings. The van der Waals surface area contributed by atoms with Crippen molar-refractivity contribution in [2.45, 2.75) is 19.9 Å². The van der Waals surface area contributed by atoms with Crippen molar-refractivity contribution in [2.24, 2.45) is 0 Å². The normalized spacial score (nSPS) is 11.9. The Balaban J connectivity index is 2.49. The van der Waals surface area contributed by atoms with E-state index in [1.54, 1.807) is 20.1 Å². The number of carbonyl (C=O) groups excluding carboxylic acids is 2. The lowest BCUT2D eigenvalue weighted by molar-refractivity contribution is -0.122. The zero-order chi connectivity index (χ0) is 14.4. The maximum absolute atomic E-state index is 11.9. The van der Waals surface area contributed by atoms with Gasteiger partial charge >= 0.3 is 0 Å².